The average Bonchev–Trinajstić information content (AvgIpc) is 2.55. The van der Waals surface area contributed by atoms with E-state index >= 15 is 0 Å². The highest BCUT2D eigenvalue weighted by atomic mass is 16.5. The van der Waals surface area contributed by atoms with Crippen LogP contribution >= 0.6 is 0 Å². The molecule has 0 aliphatic heterocycles. The minimum absolute atomic E-state index is 0.416. The molecule has 0 bridgehead atoms. The van der Waals surface area contributed by atoms with Crippen LogP contribution in [0.1, 0.15) is 83.7 Å². The monoisotopic (exact) mass is 305 g/mol. The van der Waals surface area contributed by atoms with Crippen molar-refractivity contribution in [1.82, 2.24) is 5.32 Å². The van der Waals surface area contributed by atoms with Crippen molar-refractivity contribution in [3.63, 3.8) is 0 Å². The van der Waals surface area contributed by atoms with E-state index in [4.69, 9.17) is 4.74 Å². The molecule has 1 rings (SSSR count). The van der Waals surface area contributed by atoms with Gasteiger partial charge in [0.15, 0.2) is 0 Å². The Morgan fingerprint density at radius 1 is 0.864 bits per heavy atom. The summed E-state index contributed by atoms with van der Waals surface area (Å²) >= 11 is 0. The summed E-state index contributed by atoms with van der Waals surface area (Å²) in [5.74, 6) is 0.998. The molecule has 22 heavy (non-hydrogen) atoms. The van der Waals surface area contributed by atoms with Gasteiger partial charge in [-0.2, -0.15) is 0 Å². The largest absolute Gasteiger partial charge is 0.494 e. The molecule has 0 saturated heterocycles. The van der Waals surface area contributed by atoms with Crippen molar-refractivity contribution in [3.8, 4) is 5.75 Å². The molecule has 0 aliphatic rings. The molecular formula is C20H35NO. The summed E-state index contributed by atoms with van der Waals surface area (Å²) in [7, 11) is 0. The van der Waals surface area contributed by atoms with Crippen molar-refractivity contribution < 1.29 is 4.74 Å². The van der Waals surface area contributed by atoms with Gasteiger partial charge in [-0.1, -0.05) is 64.5 Å². The topological polar surface area (TPSA) is 21.3 Å². The lowest BCUT2D eigenvalue weighted by atomic mass is 10.1. The van der Waals surface area contributed by atoms with Gasteiger partial charge in [-0.15, -0.1) is 0 Å². The summed E-state index contributed by atoms with van der Waals surface area (Å²) in [5, 5.41) is 3.56. The van der Waals surface area contributed by atoms with E-state index in [1.807, 2.05) is 0 Å². The Kier molecular flexibility index (Phi) is 10.8. The van der Waals surface area contributed by atoms with Gasteiger partial charge in [0.1, 0.15) is 5.75 Å². The van der Waals surface area contributed by atoms with Crippen molar-refractivity contribution >= 4 is 0 Å². The number of rotatable bonds is 13. The normalized spacial score (nSPS) is 12.3. The molecule has 1 aromatic rings. The fourth-order valence-electron chi connectivity index (χ4n) is 2.54. The molecule has 1 N–H and O–H groups in total. The Balaban J connectivity index is 2.18. The SMILES string of the molecule is CCCCCCCCOc1ccc(C(C)NCCCC)cc1. The number of benzene rings is 1. The fraction of sp³-hybridized carbons (Fsp3) is 0.700. The lowest BCUT2D eigenvalue weighted by molar-refractivity contribution is 0.304. The molecular weight excluding hydrogens is 270 g/mol. The van der Waals surface area contributed by atoms with E-state index in [1.165, 1.54) is 56.9 Å². The maximum Gasteiger partial charge on any atom is 0.119 e. The number of nitrogens with one attached hydrogen (secondary N) is 1. The second-order valence-electron chi connectivity index (χ2n) is 6.21. The third-order valence-corrected chi connectivity index (χ3v) is 4.13. The Bertz CT molecular complexity index is 360. The molecule has 0 heterocycles. The van der Waals surface area contributed by atoms with Crippen LogP contribution in [0.3, 0.4) is 0 Å². The zero-order valence-corrected chi connectivity index (χ0v) is 14.9. The van der Waals surface area contributed by atoms with Gasteiger partial charge in [-0.3, -0.25) is 0 Å². The van der Waals surface area contributed by atoms with Gasteiger partial charge < -0.3 is 10.1 Å². The molecule has 2 nitrogen and oxygen atoms in total. The molecule has 0 aromatic heterocycles. The summed E-state index contributed by atoms with van der Waals surface area (Å²) in [5.41, 5.74) is 1.34. The van der Waals surface area contributed by atoms with E-state index in [2.05, 4.69) is 50.4 Å². The summed E-state index contributed by atoms with van der Waals surface area (Å²) < 4.78 is 5.83. The molecule has 0 amide bonds. The van der Waals surface area contributed by atoms with E-state index in [-0.39, 0.29) is 0 Å². The highest BCUT2D eigenvalue weighted by Gasteiger charge is 2.04. The molecule has 0 saturated carbocycles. The van der Waals surface area contributed by atoms with Gasteiger partial charge >= 0.3 is 0 Å². The van der Waals surface area contributed by atoms with Crippen LogP contribution in [0.25, 0.3) is 0 Å². The summed E-state index contributed by atoms with van der Waals surface area (Å²) in [6.45, 7) is 8.64. The van der Waals surface area contributed by atoms with Crippen LogP contribution < -0.4 is 10.1 Å². The second kappa shape index (κ2) is 12.5. The highest BCUT2D eigenvalue weighted by molar-refractivity contribution is 5.28. The summed E-state index contributed by atoms with van der Waals surface area (Å²) in [6, 6.07) is 8.98. The lowest BCUT2D eigenvalue weighted by Gasteiger charge is -2.14. The zero-order valence-electron chi connectivity index (χ0n) is 14.9. The Morgan fingerprint density at radius 3 is 2.18 bits per heavy atom. The fourth-order valence-corrected chi connectivity index (χ4v) is 2.54. The standard InChI is InChI=1S/C20H35NO/c1-4-6-8-9-10-11-17-22-20-14-12-19(13-15-20)18(3)21-16-7-5-2/h12-15,18,21H,4-11,16-17H2,1-3H3. The number of hydrogen-bond donors (Lipinski definition) is 1. The molecule has 1 aromatic carbocycles. The zero-order chi connectivity index (χ0) is 16.0. The van der Waals surface area contributed by atoms with Gasteiger partial charge in [0, 0.05) is 6.04 Å². The van der Waals surface area contributed by atoms with Gasteiger partial charge in [0.2, 0.25) is 0 Å². The lowest BCUT2D eigenvalue weighted by Crippen LogP contribution is -2.19. The first-order chi connectivity index (χ1) is 10.8. The third kappa shape index (κ3) is 8.43. The smallest absolute Gasteiger partial charge is 0.119 e. The highest BCUT2D eigenvalue weighted by Crippen LogP contribution is 2.18. The quantitative estimate of drug-likeness (QED) is 0.460. The minimum atomic E-state index is 0.416. The first kappa shape index (κ1) is 19.0. The molecule has 0 spiro atoms. The van der Waals surface area contributed by atoms with Crippen molar-refractivity contribution in [1.29, 1.82) is 0 Å². The number of hydrogen-bond acceptors (Lipinski definition) is 2. The van der Waals surface area contributed by atoms with Crippen molar-refractivity contribution in [2.75, 3.05) is 13.2 Å². The first-order valence-corrected chi connectivity index (χ1v) is 9.24. The average molecular weight is 306 g/mol. The van der Waals surface area contributed by atoms with E-state index < -0.39 is 0 Å². The Hall–Kier alpha value is -1.02. The number of unbranched alkanes of at least 4 members (excludes halogenated alkanes) is 6. The van der Waals surface area contributed by atoms with E-state index in [1.54, 1.807) is 0 Å². The Morgan fingerprint density at radius 2 is 1.50 bits per heavy atom. The van der Waals surface area contributed by atoms with Gasteiger partial charge in [-0.25, -0.2) is 0 Å². The second-order valence-corrected chi connectivity index (χ2v) is 6.21. The van der Waals surface area contributed by atoms with Crippen LogP contribution in [-0.4, -0.2) is 13.2 Å². The van der Waals surface area contributed by atoms with E-state index in [9.17, 15) is 0 Å². The molecule has 1 unspecified atom stereocenters. The van der Waals surface area contributed by atoms with Gasteiger partial charge in [0.25, 0.3) is 0 Å². The van der Waals surface area contributed by atoms with Crippen molar-refractivity contribution in [2.24, 2.45) is 0 Å². The predicted molar refractivity (Wildman–Crippen MR) is 96.6 cm³/mol. The predicted octanol–water partition coefficient (Wildman–Crippen LogP) is 5.88. The van der Waals surface area contributed by atoms with Crippen LogP contribution in [-0.2, 0) is 0 Å². The molecule has 1 atom stereocenters. The molecule has 0 radical (unpaired) electrons. The van der Waals surface area contributed by atoms with Crippen molar-refractivity contribution in [3.05, 3.63) is 29.8 Å². The maximum atomic E-state index is 5.83. The number of ether oxygens (including phenoxy) is 1. The first-order valence-electron chi connectivity index (χ1n) is 9.24. The third-order valence-electron chi connectivity index (χ3n) is 4.13. The summed E-state index contributed by atoms with van der Waals surface area (Å²) in [4.78, 5) is 0. The summed E-state index contributed by atoms with van der Waals surface area (Å²) in [6.07, 6.45) is 10.3. The van der Waals surface area contributed by atoms with Crippen LogP contribution in [0.2, 0.25) is 0 Å². The molecule has 126 valence electrons. The van der Waals surface area contributed by atoms with Crippen molar-refractivity contribution in [2.45, 2.75) is 78.2 Å². The van der Waals surface area contributed by atoms with E-state index in [0.29, 0.717) is 6.04 Å². The molecule has 0 aliphatic carbocycles. The van der Waals surface area contributed by atoms with E-state index in [0.717, 1.165) is 18.9 Å². The van der Waals surface area contributed by atoms with Gasteiger partial charge in [0.05, 0.1) is 6.61 Å². The molecule has 2 heteroatoms. The van der Waals surface area contributed by atoms with Gasteiger partial charge in [-0.05, 0) is 44.0 Å². The van der Waals surface area contributed by atoms with Crippen LogP contribution in [0.5, 0.6) is 5.75 Å². The minimum Gasteiger partial charge on any atom is -0.494 e. The maximum absolute atomic E-state index is 5.83. The molecule has 0 fully saturated rings. The van der Waals surface area contributed by atoms with Crippen LogP contribution in [0.15, 0.2) is 24.3 Å². The van der Waals surface area contributed by atoms with Crippen LogP contribution in [0, 0.1) is 0 Å². The van der Waals surface area contributed by atoms with Crippen LogP contribution in [0.4, 0.5) is 0 Å². The Labute approximate surface area is 137 Å².